The van der Waals surface area contributed by atoms with Gasteiger partial charge in [0.1, 0.15) is 5.69 Å². The zero-order valence-corrected chi connectivity index (χ0v) is 12.0. The highest BCUT2D eigenvalue weighted by Crippen LogP contribution is 2.14. The average molecular weight is 275 g/mol. The Balaban J connectivity index is 1.74. The second-order valence-corrected chi connectivity index (χ2v) is 4.94. The van der Waals surface area contributed by atoms with Gasteiger partial charge in [0.2, 0.25) is 0 Å². The highest BCUT2D eigenvalue weighted by Gasteiger charge is 2.08. The lowest BCUT2D eigenvalue weighted by atomic mass is 10.2. The van der Waals surface area contributed by atoms with Gasteiger partial charge < -0.3 is 19.9 Å². The number of nitrogens with zero attached hydrogens (tertiary/aromatic N) is 1. The quantitative estimate of drug-likeness (QED) is 0.752. The van der Waals surface area contributed by atoms with Crippen molar-refractivity contribution in [3.8, 4) is 0 Å². The fourth-order valence-electron chi connectivity index (χ4n) is 1.88. The number of rotatable bonds is 7. The van der Waals surface area contributed by atoms with Gasteiger partial charge in [-0.05, 0) is 26.2 Å². The minimum atomic E-state index is -0.0996. The highest BCUT2D eigenvalue weighted by atomic mass is 16.5. The van der Waals surface area contributed by atoms with Crippen LogP contribution in [0, 0.1) is 0 Å². The zero-order valence-electron chi connectivity index (χ0n) is 12.0. The number of benzene rings is 1. The Morgan fingerprint density at radius 1 is 1.30 bits per heavy atom. The first-order chi connectivity index (χ1) is 9.66. The lowest BCUT2D eigenvalue weighted by Gasteiger charge is -2.10. The molecule has 0 aliphatic heterocycles. The molecule has 0 radical (unpaired) electrons. The molecule has 0 unspecified atom stereocenters. The van der Waals surface area contributed by atoms with Crippen molar-refractivity contribution < 1.29 is 9.53 Å². The van der Waals surface area contributed by atoms with Crippen LogP contribution >= 0.6 is 0 Å². The van der Waals surface area contributed by atoms with Crippen molar-refractivity contribution in [3.63, 3.8) is 0 Å². The van der Waals surface area contributed by atoms with Crippen molar-refractivity contribution in [2.75, 3.05) is 40.4 Å². The Morgan fingerprint density at radius 3 is 2.85 bits per heavy atom. The summed E-state index contributed by atoms with van der Waals surface area (Å²) in [6, 6.07) is 9.69. The molecular weight excluding hydrogens is 254 g/mol. The fraction of sp³-hybridized carbons (Fsp3) is 0.400. The van der Waals surface area contributed by atoms with E-state index in [4.69, 9.17) is 4.74 Å². The summed E-state index contributed by atoms with van der Waals surface area (Å²) in [5.74, 6) is -0.0996. The molecule has 2 rings (SSSR count). The van der Waals surface area contributed by atoms with E-state index in [2.05, 4.69) is 15.2 Å². The maximum Gasteiger partial charge on any atom is 0.267 e. The molecule has 1 heterocycles. The number of ether oxygens (including phenoxy) is 1. The third kappa shape index (κ3) is 4.08. The van der Waals surface area contributed by atoms with Gasteiger partial charge in [0.25, 0.3) is 5.91 Å². The van der Waals surface area contributed by atoms with E-state index in [0.29, 0.717) is 25.5 Å². The normalized spacial score (nSPS) is 11.2. The third-order valence-electron chi connectivity index (χ3n) is 2.99. The molecule has 0 spiro atoms. The minimum absolute atomic E-state index is 0.0996. The Labute approximate surface area is 118 Å². The van der Waals surface area contributed by atoms with Crippen LogP contribution < -0.4 is 5.32 Å². The number of H-pyrrole nitrogens is 1. The van der Waals surface area contributed by atoms with Crippen LogP contribution in [0.25, 0.3) is 10.9 Å². The SMILES string of the molecule is CN(C)CCOCCNC(=O)c1cc2ccccc2[nH]1. The number of aromatic nitrogens is 1. The summed E-state index contributed by atoms with van der Waals surface area (Å²) in [7, 11) is 4.00. The van der Waals surface area contributed by atoms with Crippen molar-refractivity contribution in [2.24, 2.45) is 0 Å². The summed E-state index contributed by atoms with van der Waals surface area (Å²) < 4.78 is 5.42. The second-order valence-electron chi connectivity index (χ2n) is 4.94. The summed E-state index contributed by atoms with van der Waals surface area (Å²) >= 11 is 0. The van der Waals surface area contributed by atoms with Crippen LogP contribution in [0.4, 0.5) is 0 Å². The first-order valence-corrected chi connectivity index (χ1v) is 6.75. The van der Waals surface area contributed by atoms with Gasteiger partial charge in [-0.25, -0.2) is 0 Å². The molecule has 0 fully saturated rings. The van der Waals surface area contributed by atoms with E-state index in [1.807, 2.05) is 44.4 Å². The molecule has 2 aromatic rings. The van der Waals surface area contributed by atoms with E-state index >= 15 is 0 Å². The first-order valence-electron chi connectivity index (χ1n) is 6.75. The Morgan fingerprint density at radius 2 is 2.10 bits per heavy atom. The van der Waals surface area contributed by atoms with Crippen LogP contribution in [0.15, 0.2) is 30.3 Å². The highest BCUT2D eigenvalue weighted by molar-refractivity contribution is 5.97. The topological polar surface area (TPSA) is 57.4 Å². The molecule has 2 N–H and O–H groups in total. The number of fused-ring (bicyclic) bond motifs is 1. The van der Waals surface area contributed by atoms with E-state index in [-0.39, 0.29) is 5.91 Å². The Bertz CT molecular complexity index is 530. The molecule has 0 saturated heterocycles. The molecule has 1 aromatic heterocycles. The number of amides is 1. The number of carbonyl (C=O) groups is 1. The Kier molecular flexibility index (Phi) is 5.15. The number of aromatic amines is 1. The number of likely N-dealkylation sites (N-methyl/N-ethyl adjacent to an activating group) is 1. The number of para-hydroxylation sites is 1. The van der Waals surface area contributed by atoms with Crippen LogP contribution in [0.1, 0.15) is 10.5 Å². The van der Waals surface area contributed by atoms with Gasteiger partial charge in [-0.15, -0.1) is 0 Å². The maximum atomic E-state index is 11.9. The maximum absolute atomic E-state index is 11.9. The zero-order chi connectivity index (χ0) is 14.4. The molecule has 5 nitrogen and oxygen atoms in total. The number of nitrogens with one attached hydrogen (secondary N) is 2. The second kappa shape index (κ2) is 7.07. The Hall–Kier alpha value is -1.85. The van der Waals surface area contributed by atoms with E-state index in [1.165, 1.54) is 0 Å². The summed E-state index contributed by atoms with van der Waals surface area (Å²) in [6.45, 7) is 2.60. The van der Waals surface area contributed by atoms with Gasteiger partial charge in [-0.2, -0.15) is 0 Å². The standard InChI is InChI=1S/C15H21N3O2/c1-18(2)8-10-20-9-7-16-15(19)14-11-12-5-3-4-6-13(12)17-14/h3-6,11,17H,7-10H2,1-2H3,(H,16,19). The molecule has 1 aromatic carbocycles. The molecular formula is C15H21N3O2. The predicted octanol–water partition coefficient (Wildman–Crippen LogP) is 1.48. The van der Waals surface area contributed by atoms with Gasteiger partial charge in [0.15, 0.2) is 0 Å². The molecule has 1 amide bonds. The van der Waals surface area contributed by atoms with Crippen molar-refractivity contribution in [3.05, 3.63) is 36.0 Å². The van der Waals surface area contributed by atoms with E-state index < -0.39 is 0 Å². The molecule has 0 saturated carbocycles. The van der Waals surface area contributed by atoms with Crippen molar-refractivity contribution in [1.29, 1.82) is 0 Å². The van der Waals surface area contributed by atoms with Crippen LogP contribution in [0.2, 0.25) is 0 Å². The molecule has 20 heavy (non-hydrogen) atoms. The average Bonchev–Trinajstić information content (AvgIpc) is 2.86. The van der Waals surface area contributed by atoms with Gasteiger partial charge in [0, 0.05) is 24.0 Å². The largest absolute Gasteiger partial charge is 0.378 e. The van der Waals surface area contributed by atoms with Crippen LogP contribution in [-0.2, 0) is 4.74 Å². The van der Waals surface area contributed by atoms with E-state index in [1.54, 1.807) is 0 Å². The van der Waals surface area contributed by atoms with Gasteiger partial charge >= 0.3 is 0 Å². The summed E-state index contributed by atoms with van der Waals surface area (Å²) in [5, 5.41) is 3.88. The predicted molar refractivity (Wildman–Crippen MR) is 80.0 cm³/mol. The monoisotopic (exact) mass is 275 g/mol. The van der Waals surface area contributed by atoms with Crippen molar-refractivity contribution in [1.82, 2.24) is 15.2 Å². The number of hydrogen-bond donors (Lipinski definition) is 2. The van der Waals surface area contributed by atoms with Gasteiger partial charge in [0.05, 0.1) is 13.2 Å². The molecule has 0 bridgehead atoms. The van der Waals surface area contributed by atoms with E-state index in [0.717, 1.165) is 17.4 Å². The van der Waals surface area contributed by atoms with Crippen LogP contribution in [0.5, 0.6) is 0 Å². The van der Waals surface area contributed by atoms with Gasteiger partial charge in [-0.1, -0.05) is 18.2 Å². The number of hydrogen-bond acceptors (Lipinski definition) is 3. The van der Waals surface area contributed by atoms with Crippen LogP contribution in [-0.4, -0.2) is 56.2 Å². The van der Waals surface area contributed by atoms with Crippen LogP contribution in [0.3, 0.4) is 0 Å². The number of carbonyl (C=O) groups excluding carboxylic acids is 1. The summed E-state index contributed by atoms with van der Waals surface area (Å²) in [6.07, 6.45) is 0. The first kappa shape index (κ1) is 14.6. The summed E-state index contributed by atoms with van der Waals surface area (Å²) in [5.41, 5.74) is 1.55. The van der Waals surface area contributed by atoms with Crippen molar-refractivity contribution >= 4 is 16.8 Å². The summed E-state index contributed by atoms with van der Waals surface area (Å²) in [4.78, 5) is 17.1. The minimum Gasteiger partial charge on any atom is -0.378 e. The molecule has 5 heteroatoms. The molecule has 0 aliphatic rings. The van der Waals surface area contributed by atoms with E-state index in [9.17, 15) is 4.79 Å². The lowest BCUT2D eigenvalue weighted by Crippen LogP contribution is -2.28. The lowest BCUT2D eigenvalue weighted by molar-refractivity contribution is 0.0896. The van der Waals surface area contributed by atoms with Crippen molar-refractivity contribution in [2.45, 2.75) is 0 Å². The molecule has 0 atom stereocenters. The smallest absolute Gasteiger partial charge is 0.267 e. The molecule has 0 aliphatic carbocycles. The third-order valence-corrected chi connectivity index (χ3v) is 2.99. The molecule has 108 valence electrons. The van der Waals surface area contributed by atoms with Gasteiger partial charge in [-0.3, -0.25) is 4.79 Å². The fourth-order valence-corrected chi connectivity index (χ4v) is 1.88.